The van der Waals surface area contributed by atoms with E-state index in [2.05, 4.69) is 27.5 Å². The number of ether oxygens (including phenoxy) is 1. The van der Waals surface area contributed by atoms with E-state index in [0.717, 1.165) is 36.0 Å². The molecule has 0 aromatic carbocycles. The summed E-state index contributed by atoms with van der Waals surface area (Å²) in [5, 5.41) is 7.57. The predicted octanol–water partition coefficient (Wildman–Crippen LogP) is 2.43. The van der Waals surface area contributed by atoms with E-state index in [-0.39, 0.29) is 29.9 Å². The van der Waals surface area contributed by atoms with Gasteiger partial charge in [0.1, 0.15) is 0 Å². The van der Waals surface area contributed by atoms with Gasteiger partial charge in [-0.2, -0.15) is 0 Å². The topological polar surface area (TPSA) is 75.6 Å². The molecule has 1 aromatic heterocycles. The van der Waals surface area contributed by atoms with Crippen LogP contribution in [-0.2, 0) is 16.0 Å². The summed E-state index contributed by atoms with van der Waals surface area (Å²) in [5.41, 5.74) is 1.11. The largest absolute Gasteiger partial charge is 0.466 e. The van der Waals surface area contributed by atoms with Crippen LogP contribution in [0.3, 0.4) is 0 Å². The first-order valence-electron chi connectivity index (χ1n) is 7.59. The van der Waals surface area contributed by atoms with Crippen LogP contribution in [0.4, 0.5) is 0 Å². The standard InChI is InChI=1S/C15H26N4O2S.HI/c1-5-21-14(20)7-6-9-17-15(16-4)18-10-8-13-19-11(2)12(3)22-13;/h5-10H2,1-4H3,(H2,16,17,18);1H. The predicted molar refractivity (Wildman–Crippen MR) is 106 cm³/mol. The van der Waals surface area contributed by atoms with Crippen LogP contribution in [-0.4, -0.2) is 43.7 Å². The van der Waals surface area contributed by atoms with Crippen LogP contribution >= 0.6 is 35.3 Å². The number of nitrogens with zero attached hydrogens (tertiary/aromatic N) is 2. The van der Waals surface area contributed by atoms with E-state index in [9.17, 15) is 4.79 Å². The Morgan fingerprint density at radius 1 is 1.30 bits per heavy atom. The maximum Gasteiger partial charge on any atom is 0.305 e. The number of aliphatic imine (C=N–C) groups is 1. The Morgan fingerprint density at radius 3 is 2.57 bits per heavy atom. The molecule has 0 unspecified atom stereocenters. The highest BCUT2D eigenvalue weighted by Gasteiger charge is 2.05. The fraction of sp³-hybridized carbons (Fsp3) is 0.667. The second kappa shape index (κ2) is 12.5. The van der Waals surface area contributed by atoms with Gasteiger partial charge in [-0.3, -0.25) is 9.79 Å². The Hall–Kier alpha value is -0.900. The lowest BCUT2D eigenvalue weighted by atomic mass is 10.3. The highest BCUT2D eigenvalue weighted by atomic mass is 127. The SMILES string of the molecule is CCOC(=O)CCCNC(=NC)NCCc1nc(C)c(C)s1.I. The molecular weight excluding hydrogens is 427 g/mol. The first-order chi connectivity index (χ1) is 10.6. The van der Waals surface area contributed by atoms with Gasteiger partial charge in [0, 0.05) is 37.9 Å². The van der Waals surface area contributed by atoms with E-state index in [1.807, 2.05) is 13.8 Å². The summed E-state index contributed by atoms with van der Waals surface area (Å²) in [6, 6.07) is 0. The summed E-state index contributed by atoms with van der Waals surface area (Å²) < 4.78 is 4.88. The number of aryl methyl sites for hydroxylation is 2. The number of aromatic nitrogens is 1. The maximum atomic E-state index is 11.2. The van der Waals surface area contributed by atoms with Crippen LogP contribution in [0.1, 0.15) is 35.3 Å². The summed E-state index contributed by atoms with van der Waals surface area (Å²) >= 11 is 1.74. The zero-order valence-corrected chi connectivity index (χ0v) is 17.4. The third-order valence-electron chi connectivity index (χ3n) is 3.08. The lowest BCUT2D eigenvalue weighted by Crippen LogP contribution is -2.38. The van der Waals surface area contributed by atoms with E-state index >= 15 is 0 Å². The summed E-state index contributed by atoms with van der Waals surface area (Å²) in [7, 11) is 1.73. The van der Waals surface area contributed by atoms with E-state index in [4.69, 9.17) is 4.74 Å². The van der Waals surface area contributed by atoms with Gasteiger partial charge in [0.2, 0.25) is 0 Å². The van der Waals surface area contributed by atoms with Crippen LogP contribution < -0.4 is 10.6 Å². The number of carbonyl (C=O) groups excluding carboxylic acids is 1. The molecule has 0 radical (unpaired) electrons. The second-order valence-corrected chi connectivity index (χ2v) is 6.12. The third-order valence-corrected chi connectivity index (χ3v) is 4.22. The Kier molecular flexibility index (Phi) is 12.0. The molecule has 1 aromatic rings. The summed E-state index contributed by atoms with van der Waals surface area (Å²) in [6.07, 6.45) is 2.03. The van der Waals surface area contributed by atoms with Crippen molar-refractivity contribution in [2.75, 3.05) is 26.7 Å². The van der Waals surface area contributed by atoms with Crippen molar-refractivity contribution in [3.63, 3.8) is 0 Å². The van der Waals surface area contributed by atoms with Gasteiger partial charge in [-0.1, -0.05) is 0 Å². The molecule has 23 heavy (non-hydrogen) atoms. The minimum absolute atomic E-state index is 0. The quantitative estimate of drug-likeness (QED) is 0.208. The highest BCUT2D eigenvalue weighted by molar-refractivity contribution is 14.0. The maximum absolute atomic E-state index is 11.2. The summed E-state index contributed by atoms with van der Waals surface area (Å²) in [6.45, 7) is 7.84. The van der Waals surface area contributed by atoms with Crippen molar-refractivity contribution in [1.82, 2.24) is 15.6 Å². The molecule has 0 aliphatic rings. The van der Waals surface area contributed by atoms with Crippen LogP contribution in [0.15, 0.2) is 4.99 Å². The van der Waals surface area contributed by atoms with Gasteiger partial charge < -0.3 is 15.4 Å². The molecule has 1 rings (SSSR count). The zero-order chi connectivity index (χ0) is 16.4. The minimum atomic E-state index is -0.151. The fourth-order valence-electron chi connectivity index (χ4n) is 1.83. The van der Waals surface area contributed by atoms with Crippen molar-refractivity contribution in [2.24, 2.45) is 4.99 Å². The molecule has 0 fully saturated rings. The molecule has 0 saturated carbocycles. The van der Waals surface area contributed by atoms with Crippen molar-refractivity contribution in [3.05, 3.63) is 15.6 Å². The number of esters is 1. The molecule has 0 amide bonds. The molecule has 1 heterocycles. The van der Waals surface area contributed by atoms with Gasteiger partial charge in [0.25, 0.3) is 0 Å². The van der Waals surface area contributed by atoms with Gasteiger partial charge in [-0.15, -0.1) is 35.3 Å². The average molecular weight is 454 g/mol. The van der Waals surface area contributed by atoms with E-state index in [1.54, 1.807) is 18.4 Å². The van der Waals surface area contributed by atoms with Crippen LogP contribution in [0.25, 0.3) is 0 Å². The molecule has 0 aliphatic heterocycles. The first kappa shape index (κ1) is 22.1. The van der Waals surface area contributed by atoms with E-state index in [0.29, 0.717) is 19.6 Å². The smallest absolute Gasteiger partial charge is 0.305 e. The van der Waals surface area contributed by atoms with Crippen LogP contribution in [0.2, 0.25) is 0 Å². The molecular formula is C15H27IN4O2S. The lowest BCUT2D eigenvalue weighted by Gasteiger charge is -2.11. The zero-order valence-electron chi connectivity index (χ0n) is 14.3. The molecule has 8 heteroatoms. The number of guanidine groups is 1. The number of nitrogens with one attached hydrogen (secondary N) is 2. The molecule has 2 N–H and O–H groups in total. The van der Waals surface area contributed by atoms with Gasteiger partial charge in [0.05, 0.1) is 17.3 Å². The van der Waals surface area contributed by atoms with Crippen molar-refractivity contribution in [2.45, 2.75) is 40.0 Å². The molecule has 0 saturated heterocycles. The Morgan fingerprint density at radius 2 is 2.00 bits per heavy atom. The third kappa shape index (κ3) is 9.09. The summed E-state index contributed by atoms with van der Waals surface area (Å²) in [4.78, 5) is 21.2. The average Bonchev–Trinajstić information content (AvgIpc) is 2.80. The monoisotopic (exact) mass is 454 g/mol. The van der Waals surface area contributed by atoms with Gasteiger partial charge >= 0.3 is 5.97 Å². The molecule has 132 valence electrons. The van der Waals surface area contributed by atoms with Gasteiger partial charge in [-0.25, -0.2) is 4.98 Å². The van der Waals surface area contributed by atoms with Crippen molar-refractivity contribution in [3.8, 4) is 0 Å². The van der Waals surface area contributed by atoms with E-state index < -0.39 is 0 Å². The Balaban J connectivity index is 0.00000484. The molecule has 6 nitrogen and oxygen atoms in total. The normalized spacial score (nSPS) is 10.9. The Labute approximate surface area is 159 Å². The molecule has 0 spiro atoms. The summed E-state index contributed by atoms with van der Waals surface area (Å²) in [5.74, 6) is 0.593. The number of hydrogen-bond donors (Lipinski definition) is 2. The Bertz CT molecular complexity index is 486. The van der Waals surface area contributed by atoms with Crippen molar-refractivity contribution < 1.29 is 9.53 Å². The number of thiazole rings is 1. The van der Waals surface area contributed by atoms with Crippen molar-refractivity contribution in [1.29, 1.82) is 0 Å². The number of hydrogen-bond acceptors (Lipinski definition) is 5. The van der Waals surface area contributed by atoms with Crippen LogP contribution in [0, 0.1) is 13.8 Å². The van der Waals surface area contributed by atoms with Gasteiger partial charge in [0.15, 0.2) is 5.96 Å². The molecule has 0 aliphatic carbocycles. The van der Waals surface area contributed by atoms with E-state index in [1.165, 1.54) is 4.88 Å². The number of halogens is 1. The molecule has 0 bridgehead atoms. The number of carbonyl (C=O) groups is 1. The van der Waals surface area contributed by atoms with Gasteiger partial charge in [-0.05, 0) is 27.2 Å². The minimum Gasteiger partial charge on any atom is -0.466 e. The highest BCUT2D eigenvalue weighted by Crippen LogP contribution is 2.16. The van der Waals surface area contributed by atoms with Crippen LogP contribution in [0.5, 0.6) is 0 Å². The van der Waals surface area contributed by atoms with Crippen molar-refractivity contribution >= 4 is 47.2 Å². The fourth-order valence-corrected chi connectivity index (χ4v) is 2.76. The lowest BCUT2D eigenvalue weighted by molar-refractivity contribution is -0.143. The first-order valence-corrected chi connectivity index (χ1v) is 8.41. The molecule has 0 atom stereocenters. The second-order valence-electron chi connectivity index (χ2n) is 4.83. The number of rotatable bonds is 8.